The van der Waals surface area contributed by atoms with Gasteiger partial charge in [0.05, 0.1) is 5.75 Å². The Hall–Kier alpha value is -2.35. The summed E-state index contributed by atoms with van der Waals surface area (Å²) in [5, 5.41) is 13.5. The molecule has 2 atom stereocenters. The van der Waals surface area contributed by atoms with Crippen molar-refractivity contribution in [1.29, 1.82) is 0 Å². The predicted octanol–water partition coefficient (Wildman–Crippen LogP) is 3.54. The second kappa shape index (κ2) is 9.03. The number of nitrogens with zero attached hydrogens (tertiary/aromatic N) is 2. The van der Waals surface area contributed by atoms with Gasteiger partial charge in [-0.15, -0.1) is 10.2 Å². The van der Waals surface area contributed by atoms with E-state index in [9.17, 15) is 9.59 Å². The summed E-state index contributed by atoms with van der Waals surface area (Å²) in [6.45, 7) is 4.09. The van der Waals surface area contributed by atoms with Crippen LogP contribution in [0.25, 0.3) is 11.5 Å². The van der Waals surface area contributed by atoms with Crippen molar-refractivity contribution < 1.29 is 14.0 Å². The molecule has 1 aromatic carbocycles. The molecular formula is C19H24N4O3S. The molecule has 2 N–H and O–H groups in total. The molecule has 8 heteroatoms. The number of urea groups is 1. The topological polar surface area (TPSA) is 97.1 Å². The first-order chi connectivity index (χ1) is 13.0. The van der Waals surface area contributed by atoms with Crippen LogP contribution in [0.2, 0.25) is 0 Å². The van der Waals surface area contributed by atoms with Crippen LogP contribution >= 0.6 is 11.8 Å². The Bertz CT molecular complexity index is 808. The lowest BCUT2D eigenvalue weighted by molar-refractivity contribution is -0.117. The van der Waals surface area contributed by atoms with Gasteiger partial charge in [0, 0.05) is 11.6 Å². The number of hydrogen-bond acceptors (Lipinski definition) is 6. The van der Waals surface area contributed by atoms with E-state index in [4.69, 9.17) is 4.42 Å². The third-order valence-electron chi connectivity index (χ3n) is 4.79. The van der Waals surface area contributed by atoms with E-state index in [0.717, 1.165) is 42.2 Å². The second-order valence-electron chi connectivity index (χ2n) is 6.87. The van der Waals surface area contributed by atoms with E-state index in [0.29, 0.717) is 17.0 Å². The van der Waals surface area contributed by atoms with Crippen molar-refractivity contribution in [3.63, 3.8) is 0 Å². The molecule has 0 saturated heterocycles. The second-order valence-corrected chi connectivity index (χ2v) is 7.79. The highest BCUT2D eigenvalue weighted by molar-refractivity contribution is 7.99. The lowest BCUT2D eigenvalue weighted by atomic mass is 9.86. The quantitative estimate of drug-likeness (QED) is 0.761. The fourth-order valence-electron chi connectivity index (χ4n) is 3.21. The summed E-state index contributed by atoms with van der Waals surface area (Å²) in [5.41, 5.74) is 1.89. The molecule has 0 bridgehead atoms. The van der Waals surface area contributed by atoms with Crippen molar-refractivity contribution in [1.82, 2.24) is 20.8 Å². The fourth-order valence-corrected chi connectivity index (χ4v) is 3.78. The number of amides is 3. The van der Waals surface area contributed by atoms with Gasteiger partial charge in [-0.3, -0.25) is 10.1 Å². The molecule has 1 aliphatic rings. The third-order valence-corrected chi connectivity index (χ3v) is 5.61. The molecule has 2 unspecified atom stereocenters. The van der Waals surface area contributed by atoms with Gasteiger partial charge in [0.2, 0.25) is 11.8 Å². The molecule has 27 heavy (non-hydrogen) atoms. The Morgan fingerprint density at radius 1 is 1.22 bits per heavy atom. The van der Waals surface area contributed by atoms with Crippen molar-refractivity contribution in [2.45, 2.75) is 50.8 Å². The van der Waals surface area contributed by atoms with Gasteiger partial charge in [-0.1, -0.05) is 49.7 Å². The van der Waals surface area contributed by atoms with Gasteiger partial charge >= 0.3 is 6.03 Å². The summed E-state index contributed by atoms with van der Waals surface area (Å²) >= 11 is 1.11. The monoisotopic (exact) mass is 388 g/mol. The number of benzene rings is 1. The zero-order chi connectivity index (χ0) is 19.2. The number of aromatic nitrogens is 2. The smallest absolute Gasteiger partial charge is 0.321 e. The maximum atomic E-state index is 12.0. The number of nitrogens with one attached hydrogen (secondary N) is 2. The average Bonchev–Trinajstić information content (AvgIpc) is 3.11. The predicted molar refractivity (Wildman–Crippen MR) is 103 cm³/mol. The minimum atomic E-state index is -0.439. The van der Waals surface area contributed by atoms with Crippen LogP contribution < -0.4 is 10.6 Å². The minimum Gasteiger partial charge on any atom is -0.411 e. The number of imide groups is 1. The average molecular weight is 388 g/mol. The van der Waals surface area contributed by atoms with E-state index in [-0.39, 0.29) is 11.8 Å². The van der Waals surface area contributed by atoms with Crippen LogP contribution in [-0.2, 0) is 4.79 Å². The molecule has 3 rings (SSSR count). The standard InChI is InChI=1S/C19H24N4O3S/c1-12-7-3-5-9-14(12)17-22-23-19(26-17)27-11-16(24)21-18(25)20-15-10-6-4-8-13(15)2/h3,5,7,9,13,15H,4,6,8,10-11H2,1-2H3,(H2,20,21,24,25). The summed E-state index contributed by atoms with van der Waals surface area (Å²) in [6.07, 6.45) is 4.38. The van der Waals surface area contributed by atoms with Crippen LogP contribution in [0.3, 0.4) is 0 Å². The summed E-state index contributed by atoms with van der Waals surface area (Å²) in [7, 11) is 0. The van der Waals surface area contributed by atoms with Crippen LogP contribution in [0.4, 0.5) is 4.79 Å². The molecule has 144 valence electrons. The molecule has 7 nitrogen and oxygen atoms in total. The number of thioether (sulfide) groups is 1. The summed E-state index contributed by atoms with van der Waals surface area (Å²) < 4.78 is 5.60. The van der Waals surface area contributed by atoms with Gasteiger partial charge < -0.3 is 9.73 Å². The molecule has 3 amide bonds. The van der Waals surface area contributed by atoms with Crippen molar-refractivity contribution in [2.24, 2.45) is 5.92 Å². The van der Waals surface area contributed by atoms with Crippen molar-refractivity contribution in [2.75, 3.05) is 5.75 Å². The van der Waals surface area contributed by atoms with E-state index in [1.54, 1.807) is 0 Å². The SMILES string of the molecule is Cc1ccccc1-c1nnc(SCC(=O)NC(=O)NC2CCCCC2C)o1. The highest BCUT2D eigenvalue weighted by Gasteiger charge is 2.23. The van der Waals surface area contributed by atoms with Gasteiger partial charge in [0.15, 0.2) is 0 Å². The first kappa shape index (κ1) is 19.4. The molecule has 2 aromatic rings. The molecule has 1 aliphatic carbocycles. The molecule has 1 heterocycles. The Morgan fingerprint density at radius 2 is 2.00 bits per heavy atom. The van der Waals surface area contributed by atoms with Gasteiger partial charge in [-0.25, -0.2) is 4.79 Å². The van der Waals surface area contributed by atoms with Gasteiger partial charge in [-0.2, -0.15) is 0 Å². The number of carbonyl (C=O) groups is 2. The highest BCUT2D eigenvalue weighted by Crippen LogP contribution is 2.25. The van der Waals surface area contributed by atoms with Crippen LogP contribution in [-0.4, -0.2) is 33.9 Å². The number of rotatable bonds is 5. The Kier molecular flexibility index (Phi) is 6.49. The zero-order valence-corrected chi connectivity index (χ0v) is 16.3. The van der Waals surface area contributed by atoms with E-state index in [1.165, 1.54) is 6.42 Å². The first-order valence-corrected chi connectivity index (χ1v) is 10.1. The largest absolute Gasteiger partial charge is 0.411 e. The number of aryl methyl sites for hydroxylation is 1. The van der Waals surface area contributed by atoms with Crippen LogP contribution in [0, 0.1) is 12.8 Å². The fraction of sp³-hybridized carbons (Fsp3) is 0.474. The molecular weight excluding hydrogens is 364 g/mol. The maximum absolute atomic E-state index is 12.0. The van der Waals surface area contributed by atoms with Crippen LogP contribution in [0.5, 0.6) is 0 Å². The molecule has 1 aromatic heterocycles. The van der Waals surface area contributed by atoms with Gasteiger partial charge in [-0.05, 0) is 37.3 Å². The Balaban J connectivity index is 1.47. The Labute approximate surface area is 162 Å². The lowest BCUT2D eigenvalue weighted by Crippen LogP contribution is -2.48. The van der Waals surface area contributed by atoms with E-state index in [2.05, 4.69) is 27.8 Å². The van der Waals surface area contributed by atoms with Crippen molar-refractivity contribution >= 4 is 23.7 Å². The third kappa shape index (κ3) is 5.32. The normalized spacial score (nSPS) is 19.5. The summed E-state index contributed by atoms with van der Waals surface area (Å²) in [5.74, 6) is 0.493. The van der Waals surface area contributed by atoms with Crippen molar-refractivity contribution in [3.8, 4) is 11.5 Å². The van der Waals surface area contributed by atoms with Crippen LogP contribution in [0.15, 0.2) is 33.9 Å². The molecule has 0 radical (unpaired) electrons. The van der Waals surface area contributed by atoms with Crippen LogP contribution in [0.1, 0.15) is 38.2 Å². The molecule has 1 saturated carbocycles. The number of carbonyl (C=O) groups excluding carboxylic acids is 2. The molecule has 0 aliphatic heterocycles. The lowest BCUT2D eigenvalue weighted by Gasteiger charge is -2.29. The van der Waals surface area contributed by atoms with Crippen molar-refractivity contribution in [3.05, 3.63) is 29.8 Å². The first-order valence-electron chi connectivity index (χ1n) is 9.15. The zero-order valence-electron chi connectivity index (χ0n) is 15.5. The van der Waals surface area contributed by atoms with Gasteiger partial charge in [0.1, 0.15) is 0 Å². The Morgan fingerprint density at radius 3 is 2.78 bits per heavy atom. The van der Waals surface area contributed by atoms with E-state index < -0.39 is 11.9 Å². The van der Waals surface area contributed by atoms with E-state index >= 15 is 0 Å². The number of hydrogen-bond donors (Lipinski definition) is 2. The molecule has 0 spiro atoms. The van der Waals surface area contributed by atoms with E-state index in [1.807, 2.05) is 31.2 Å². The highest BCUT2D eigenvalue weighted by atomic mass is 32.2. The summed E-state index contributed by atoms with van der Waals surface area (Å²) in [4.78, 5) is 24.0. The minimum absolute atomic E-state index is 0.0308. The maximum Gasteiger partial charge on any atom is 0.321 e. The summed E-state index contributed by atoms with van der Waals surface area (Å²) in [6, 6.07) is 7.40. The van der Waals surface area contributed by atoms with Gasteiger partial charge in [0.25, 0.3) is 5.22 Å². The molecule has 1 fully saturated rings.